The largest absolute Gasteiger partial charge is 0.381 e. The number of hydrogen-bond acceptors (Lipinski definition) is 5. The van der Waals surface area contributed by atoms with E-state index in [-0.39, 0.29) is 36.7 Å². The van der Waals surface area contributed by atoms with Crippen LogP contribution in [0.1, 0.15) is 6.92 Å². The summed E-state index contributed by atoms with van der Waals surface area (Å²) in [6.07, 6.45) is -0.387. The van der Waals surface area contributed by atoms with Crippen LogP contribution >= 0.6 is 12.4 Å². The molecule has 1 rings (SSSR count). The lowest BCUT2D eigenvalue weighted by Gasteiger charge is -2.29. The summed E-state index contributed by atoms with van der Waals surface area (Å²) >= 11 is 0. The van der Waals surface area contributed by atoms with Crippen LogP contribution in [0.4, 0.5) is 0 Å². The number of sulfonamides is 1. The van der Waals surface area contributed by atoms with E-state index in [9.17, 15) is 13.2 Å². The molecule has 0 aliphatic carbocycles. The minimum Gasteiger partial charge on any atom is -0.381 e. The highest BCUT2D eigenvalue weighted by molar-refractivity contribution is 7.89. The van der Waals surface area contributed by atoms with Gasteiger partial charge in [-0.1, -0.05) is 0 Å². The summed E-state index contributed by atoms with van der Waals surface area (Å²) < 4.78 is 30.0. The second-order valence-electron chi connectivity index (χ2n) is 4.71. The van der Waals surface area contributed by atoms with Crippen molar-refractivity contribution in [3.8, 4) is 0 Å². The third kappa shape index (κ3) is 5.92. The van der Waals surface area contributed by atoms with E-state index in [0.29, 0.717) is 13.1 Å². The standard InChI is InChI=1S/C11H23N3O4S.ClH/c1-10(18-3)9-19(16,17)13(2)8-11(15)14-6-4-12-5-7-14;/h10,12H,4-9H2,1-3H3;1H. The van der Waals surface area contributed by atoms with Gasteiger partial charge in [0.2, 0.25) is 15.9 Å². The van der Waals surface area contributed by atoms with Gasteiger partial charge in [0.05, 0.1) is 18.4 Å². The fourth-order valence-corrected chi connectivity index (χ4v) is 3.09. The minimum atomic E-state index is -3.46. The van der Waals surface area contributed by atoms with E-state index in [1.807, 2.05) is 0 Å². The van der Waals surface area contributed by atoms with Crippen molar-refractivity contribution in [1.29, 1.82) is 0 Å². The van der Waals surface area contributed by atoms with Gasteiger partial charge >= 0.3 is 0 Å². The average molecular weight is 330 g/mol. The first-order valence-electron chi connectivity index (χ1n) is 6.32. The van der Waals surface area contributed by atoms with Gasteiger partial charge in [-0.2, -0.15) is 4.31 Å². The third-order valence-corrected chi connectivity index (χ3v) is 5.12. The molecule has 1 atom stereocenters. The molecule has 0 aromatic heterocycles. The van der Waals surface area contributed by atoms with E-state index in [4.69, 9.17) is 4.74 Å². The molecule has 0 spiro atoms. The Hall–Kier alpha value is -0.410. The minimum absolute atomic E-state index is 0. The molecule has 0 aromatic rings. The van der Waals surface area contributed by atoms with Gasteiger partial charge in [0.15, 0.2) is 0 Å². The SMILES string of the molecule is COC(C)CS(=O)(=O)N(C)CC(=O)N1CCNCC1.Cl. The number of likely N-dealkylation sites (N-methyl/N-ethyl adjacent to an activating group) is 1. The molecule has 1 fully saturated rings. The summed E-state index contributed by atoms with van der Waals surface area (Å²) in [5.41, 5.74) is 0. The zero-order chi connectivity index (χ0) is 14.5. The maximum atomic E-state index is 12.0. The summed E-state index contributed by atoms with van der Waals surface area (Å²) in [5, 5.41) is 3.14. The monoisotopic (exact) mass is 329 g/mol. The second kappa shape index (κ2) is 8.78. The van der Waals surface area contributed by atoms with Crippen LogP contribution in [0.2, 0.25) is 0 Å². The third-order valence-electron chi connectivity index (χ3n) is 3.15. The number of nitrogens with zero attached hydrogens (tertiary/aromatic N) is 2. The molecule has 1 aliphatic heterocycles. The van der Waals surface area contributed by atoms with E-state index in [2.05, 4.69) is 5.32 Å². The molecule has 1 saturated heterocycles. The number of halogens is 1. The van der Waals surface area contributed by atoms with Crippen molar-refractivity contribution < 1.29 is 17.9 Å². The van der Waals surface area contributed by atoms with Crippen LogP contribution in [0.25, 0.3) is 0 Å². The molecule has 0 saturated carbocycles. The Morgan fingerprint density at radius 3 is 2.45 bits per heavy atom. The van der Waals surface area contributed by atoms with Crippen LogP contribution < -0.4 is 5.32 Å². The number of hydrogen-bond donors (Lipinski definition) is 1. The number of rotatable bonds is 6. The summed E-state index contributed by atoms with van der Waals surface area (Å²) in [5.74, 6) is -0.271. The quantitative estimate of drug-likeness (QED) is 0.686. The second-order valence-corrected chi connectivity index (χ2v) is 6.83. The molecule has 20 heavy (non-hydrogen) atoms. The molecule has 0 aromatic carbocycles. The van der Waals surface area contributed by atoms with Gasteiger partial charge in [0.25, 0.3) is 0 Å². The van der Waals surface area contributed by atoms with Gasteiger partial charge in [0, 0.05) is 40.3 Å². The Morgan fingerprint density at radius 2 is 1.95 bits per heavy atom. The fourth-order valence-electron chi connectivity index (χ4n) is 1.79. The predicted molar refractivity (Wildman–Crippen MR) is 79.6 cm³/mol. The zero-order valence-electron chi connectivity index (χ0n) is 12.2. The van der Waals surface area contributed by atoms with Gasteiger partial charge < -0.3 is 15.0 Å². The fraction of sp³-hybridized carbons (Fsp3) is 0.909. The molecule has 0 bridgehead atoms. The molecule has 1 aliphatic rings. The van der Waals surface area contributed by atoms with Crippen molar-refractivity contribution >= 4 is 28.3 Å². The van der Waals surface area contributed by atoms with Crippen LogP contribution in [0.5, 0.6) is 0 Å². The van der Waals surface area contributed by atoms with E-state index in [0.717, 1.165) is 17.4 Å². The van der Waals surface area contributed by atoms with Crippen LogP contribution in [0.3, 0.4) is 0 Å². The van der Waals surface area contributed by atoms with Gasteiger partial charge in [-0.05, 0) is 6.92 Å². The molecule has 1 amide bonds. The number of ether oxygens (including phenoxy) is 1. The highest BCUT2D eigenvalue weighted by Gasteiger charge is 2.25. The topological polar surface area (TPSA) is 79.0 Å². The van der Waals surface area contributed by atoms with Gasteiger partial charge in [-0.15, -0.1) is 12.4 Å². The summed E-state index contributed by atoms with van der Waals surface area (Å²) in [7, 11) is -0.567. The van der Waals surface area contributed by atoms with E-state index >= 15 is 0 Å². The van der Waals surface area contributed by atoms with Crippen molar-refractivity contribution in [1.82, 2.24) is 14.5 Å². The number of amides is 1. The van der Waals surface area contributed by atoms with Crippen LogP contribution in [0, 0.1) is 0 Å². The van der Waals surface area contributed by atoms with E-state index < -0.39 is 10.0 Å². The molecule has 1 heterocycles. The molecule has 0 radical (unpaired) electrons. The molecule has 9 heteroatoms. The lowest BCUT2D eigenvalue weighted by atomic mass is 10.3. The average Bonchev–Trinajstić information content (AvgIpc) is 2.39. The number of piperazine rings is 1. The summed E-state index contributed by atoms with van der Waals surface area (Å²) in [4.78, 5) is 13.7. The molecule has 1 N–H and O–H groups in total. The number of carbonyl (C=O) groups excluding carboxylic acids is 1. The van der Waals surface area contributed by atoms with Crippen molar-refractivity contribution in [3.63, 3.8) is 0 Å². The first-order chi connectivity index (χ1) is 8.86. The van der Waals surface area contributed by atoms with Crippen molar-refractivity contribution in [2.24, 2.45) is 0 Å². The summed E-state index contributed by atoms with van der Waals surface area (Å²) in [6.45, 7) is 4.33. The van der Waals surface area contributed by atoms with E-state index in [1.54, 1.807) is 11.8 Å². The number of nitrogens with one attached hydrogen (secondary N) is 1. The number of carbonyl (C=O) groups is 1. The molecule has 1 unspecified atom stereocenters. The molecular formula is C11H24ClN3O4S. The van der Waals surface area contributed by atoms with Gasteiger partial charge in [0.1, 0.15) is 0 Å². The highest BCUT2D eigenvalue weighted by atomic mass is 35.5. The molecule has 120 valence electrons. The maximum absolute atomic E-state index is 12.0. The Balaban J connectivity index is 0.00000361. The van der Waals surface area contributed by atoms with E-state index in [1.165, 1.54) is 14.2 Å². The smallest absolute Gasteiger partial charge is 0.237 e. The van der Waals surface area contributed by atoms with Crippen LogP contribution in [-0.2, 0) is 19.6 Å². The Bertz CT molecular complexity index is 398. The van der Waals surface area contributed by atoms with Crippen molar-refractivity contribution in [2.45, 2.75) is 13.0 Å². The van der Waals surface area contributed by atoms with Crippen molar-refractivity contribution in [3.05, 3.63) is 0 Å². The Labute approximate surface area is 127 Å². The molecule has 7 nitrogen and oxygen atoms in total. The van der Waals surface area contributed by atoms with Crippen LogP contribution in [0.15, 0.2) is 0 Å². The Morgan fingerprint density at radius 1 is 1.40 bits per heavy atom. The summed E-state index contributed by atoms with van der Waals surface area (Å²) in [6, 6.07) is 0. The first-order valence-corrected chi connectivity index (χ1v) is 7.93. The van der Waals surface area contributed by atoms with Crippen molar-refractivity contribution in [2.75, 3.05) is 52.6 Å². The Kier molecular flexibility index (Phi) is 8.60. The number of methoxy groups -OCH3 is 1. The predicted octanol–water partition coefficient (Wildman–Crippen LogP) is -0.863. The lowest BCUT2D eigenvalue weighted by molar-refractivity contribution is -0.131. The first kappa shape index (κ1) is 19.6. The zero-order valence-corrected chi connectivity index (χ0v) is 13.8. The highest BCUT2D eigenvalue weighted by Crippen LogP contribution is 2.04. The van der Waals surface area contributed by atoms with Gasteiger partial charge in [-0.3, -0.25) is 4.79 Å². The molecular weight excluding hydrogens is 306 g/mol. The maximum Gasteiger partial charge on any atom is 0.237 e. The normalized spacial score (nSPS) is 17.7. The van der Waals surface area contributed by atoms with Crippen LogP contribution in [-0.4, -0.2) is 82.3 Å². The lowest BCUT2D eigenvalue weighted by Crippen LogP contribution is -2.50. The van der Waals surface area contributed by atoms with Gasteiger partial charge in [-0.25, -0.2) is 8.42 Å².